The van der Waals surface area contributed by atoms with Crippen LogP contribution >= 0.6 is 0 Å². The number of hydrogen-bond acceptors (Lipinski definition) is 5. The van der Waals surface area contributed by atoms with Crippen molar-refractivity contribution in [3.63, 3.8) is 0 Å². The Hall–Kier alpha value is -2.17. The summed E-state index contributed by atoms with van der Waals surface area (Å²) in [4.78, 5) is 15.7. The third-order valence-corrected chi connectivity index (χ3v) is 3.39. The zero-order chi connectivity index (χ0) is 14.1. The summed E-state index contributed by atoms with van der Waals surface area (Å²) in [5.41, 5.74) is 1.78. The lowest BCUT2D eigenvalue weighted by Gasteiger charge is -2.24. The molecule has 2 aromatic rings. The van der Waals surface area contributed by atoms with Gasteiger partial charge in [-0.2, -0.15) is 0 Å². The molecule has 1 aliphatic rings. The molecule has 0 aromatic carbocycles. The Labute approximate surface area is 118 Å². The molecule has 0 saturated heterocycles. The average Bonchev–Trinajstić information content (AvgIpc) is 2.46. The van der Waals surface area contributed by atoms with Crippen molar-refractivity contribution in [3.05, 3.63) is 29.9 Å². The highest BCUT2D eigenvalue weighted by atomic mass is 16.5. The van der Waals surface area contributed by atoms with E-state index in [0.717, 1.165) is 47.6 Å². The zero-order valence-corrected chi connectivity index (χ0v) is 12.1. The van der Waals surface area contributed by atoms with E-state index >= 15 is 0 Å². The van der Waals surface area contributed by atoms with Crippen molar-refractivity contribution < 1.29 is 4.74 Å². The molecule has 1 aliphatic heterocycles. The van der Waals surface area contributed by atoms with Gasteiger partial charge >= 0.3 is 0 Å². The van der Waals surface area contributed by atoms with Gasteiger partial charge in [0.2, 0.25) is 5.88 Å². The Balaban J connectivity index is 2.29. The van der Waals surface area contributed by atoms with Crippen molar-refractivity contribution in [2.75, 3.05) is 18.6 Å². The van der Waals surface area contributed by atoms with Crippen LogP contribution in [0.15, 0.2) is 18.3 Å². The van der Waals surface area contributed by atoms with Crippen LogP contribution < -0.4 is 9.64 Å². The van der Waals surface area contributed by atoms with E-state index in [0.29, 0.717) is 5.88 Å². The van der Waals surface area contributed by atoms with Crippen molar-refractivity contribution in [1.29, 1.82) is 0 Å². The molecule has 0 radical (unpaired) electrons. The maximum absolute atomic E-state index is 5.44. The number of nitrogens with zero attached hydrogens (tertiary/aromatic N) is 4. The minimum atomic E-state index is 0.592. The lowest BCUT2D eigenvalue weighted by molar-refractivity contribution is 0.402. The number of ether oxygens (including phenoxy) is 1. The van der Waals surface area contributed by atoms with Gasteiger partial charge in [-0.25, -0.2) is 15.0 Å². The molecule has 0 bridgehead atoms. The SMILES string of the molecule is COc1nc(C)cc2nc(C)nc(N3C=CCCC3)c12. The molecular formula is C15H18N4O. The van der Waals surface area contributed by atoms with Gasteiger partial charge < -0.3 is 9.64 Å². The van der Waals surface area contributed by atoms with Crippen molar-refractivity contribution in [1.82, 2.24) is 15.0 Å². The number of hydrogen-bond donors (Lipinski definition) is 0. The molecule has 0 spiro atoms. The van der Waals surface area contributed by atoms with E-state index in [-0.39, 0.29) is 0 Å². The minimum absolute atomic E-state index is 0.592. The summed E-state index contributed by atoms with van der Waals surface area (Å²) in [6.07, 6.45) is 6.50. The van der Waals surface area contributed by atoms with Gasteiger partial charge in [0.1, 0.15) is 17.0 Å². The summed E-state index contributed by atoms with van der Waals surface area (Å²) < 4.78 is 5.44. The first-order valence-electron chi connectivity index (χ1n) is 6.82. The number of methoxy groups -OCH3 is 1. The molecule has 0 saturated carbocycles. The molecule has 0 aliphatic carbocycles. The predicted octanol–water partition coefficient (Wildman–Crippen LogP) is 2.76. The molecule has 104 valence electrons. The number of aryl methyl sites for hydroxylation is 2. The second-order valence-electron chi connectivity index (χ2n) is 4.98. The average molecular weight is 270 g/mol. The first-order valence-corrected chi connectivity index (χ1v) is 6.82. The van der Waals surface area contributed by atoms with Crippen molar-refractivity contribution in [2.45, 2.75) is 26.7 Å². The van der Waals surface area contributed by atoms with Crippen molar-refractivity contribution >= 4 is 16.7 Å². The van der Waals surface area contributed by atoms with Crippen LogP contribution in [0.1, 0.15) is 24.4 Å². The molecule has 0 amide bonds. The van der Waals surface area contributed by atoms with Gasteiger partial charge in [0, 0.05) is 18.4 Å². The van der Waals surface area contributed by atoms with E-state index in [1.54, 1.807) is 7.11 Å². The van der Waals surface area contributed by atoms with Crippen LogP contribution in [0, 0.1) is 13.8 Å². The molecule has 0 fully saturated rings. The second kappa shape index (κ2) is 5.07. The fourth-order valence-corrected chi connectivity index (χ4v) is 2.52. The quantitative estimate of drug-likeness (QED) is 0.840. The Kier molecular flexibility index (Phi) is 3.26. The first kappa shape index (κ1) is 12.8. The Morgan fingerprint density at radius 1 is 1.20 bits per heavy atom. The van der Waals surface area contributed by atoms with Crippen LogP contribution in [0.4, 0.5) is 5.82 Å². The number of aromatic nitrogens is 3. The standard InChI is InChI=1S/C15H18N4O/c1-10-9-12-13(15(16-10)20-3)14(18-11(2)17-12)19-7-5-4-6-8-19/h5,7,9H,4,6,8H2,1-3H3. The maximum atomic E-state index is 5.44. The molecule has 0 N–H and O–H groups in total. The van der Waals surface area contributed by atoms with Crippen molar-refractivity contribution in [3.8, 4) is 5.88 Å². The van der Waals surface area contributed by atoms with Gasteiger partial charge in [0.25, 0.3) is 0 Å². The first-order chi connectivity index (χ1) is 9.69. The minimum Gasteiger partial charge on any atom is -0.480 e. The summed E-state index contributed by atoms with van der Waals surface area (Å²) in [7, 11) is 1.64. The highest BCUT2D eigenvalue weighted by Crippen LogP contribution is 2.32. The van der Waals surface area contributed by atoms with E-state index in [9.17, 15) is 0 Å². The van der Waals surface area contributed by atoms with Crippen LogP contribution in [0.25, 0.3) is 10.9 Å². The smallest absolute Gasteiger partial charge is 0.226 e. The second-order valence-corrected chi connectivity index (χ2v) is 4.98. The van der Waals surface area contributed by atoms with Crippen LogP contribution in [0.3, 0.4) is 0 Å². The van der Waals surface area contributed by atoms with E-state index in [1.807, 2.05) is 19.9 Å². The van der Waals surface area contributed by atoms with Gasteiger partial charge in [-0.05, 0) is 32.8 Å². The molecule has 2 aromatic heterocycles. The fraction of sp³-hybridized carbons (Fsp3) is 0.400. The molecule has 3 rings (SSSR count). The Morgan fingerprint density at radius 2 is 2.05 bits per heavy atom. The predicted molar refractivity (Wildman–Crippen MR) is 79.1 cm³/mol. The third kappa shape index (κ3) is 2.19. The zero-order valence-electron chi connectivity index (χ0n) is 12.1. The normalized spacial score (nSPS) is 14.8. The molecule has 5 nitrogen and oxygen atoms in total. The summed E-state index contributed by atoms with van der Waals surface area (Å²) >= 11 is 0. The highest BCUT2D eigenvalue weighted by Gasteiger charge is 2.18. The van der Waals surface area contributed by atoms with Crippen LogP contribution in [0.5, 0.6) is 5.88 Å². The van der Waals surface area contributed by atoms with Crippen molar-refractivity contribution in [2.24, 2.45) is 0 Å². The van der Waals surface area contributed by atoms with E-state index in [2.05, 4.69) is 32.1 Å². The maximum Gasteiger partial charge on any atom is 0.226 e. The molecular weight excluding hydrogens is 252 g/mol. The van der Waals surface area contributed by atoms with Gasteiger partial charge in [-0.15, -0.1) is 0 Å². The lowest BCUT2D eigenvalue weighted by Crippen LogP contribution is -2.22. The summed E-state index contributed by atoms with van der Waals surface area (Å²) in [5.74, 6) is 2.24. The van der Waals surface area contributed by atoms with Crippen LogP contribution in [0.2, 0.25) is 0 Å². The molecule has 0 atom stereocenters. The third-order valence-electron chi connectivity index (χ3n) is 3.39. The number of fused-ring (bicyclic) bond motifs is 1. The molecule has 3 heterocycles. The summed E-state index contributed by atoms with van der Waals surface area (Å²) in [5, 5.41) is 0.884. The van der Waals surface area contributed by atoms with Crippen LogP contribution in [-0.4, -0.2) is 28.6 Å². The highest BCUT2D eigenvalue weighted by molar-refractivity contribution is 5.94. The monoisotopic (exact) mass is 270 g/mol. The van der Waals surface area contributed by atoms with Gasteiger partial charge in [0.15, 0.2) is 0 Å². The Bertz CT molecular complexity index is 676. The van der Waals surface area contributed by atoms with Gasteiger partial charge in [0.05, 0.1) is 12.6 Å². The molecule has 20 heavy (non-hydrogen) atoms. The van der Waals surface area contributed by atoms with Gasteiger partial charge in [-0.3, -0.25) is 0 Å². The van der Waals surface area contributed by atoms with E-state index in [1.165, 1.54) is 0 Å². The van der Waals surface area contributed by atoms with Gasteiger partial charge in [-0.1, -0.05) is 6.08 Å². The van der Waals surface area contributed by atoms with E-state index in [4.69, 9.17) is 4.74 Å². The molecule has 5 heteroatoms. The number of pyridine rings is 1. The number of allylic oxidation sites excluding steroid dienone is 1. The lowest BCUT2D eigenvalue weighted by atomic mass is 10.2. The van der Waals surface area contributed by atoms with E-state index < -0.39 is 0 Å². The number of anilines is 1. The van der Waals surface area contributed by atoms with Crippen LogP contribution in [-0.2, 0) is 0 Å². The fourth-order valence-electron chi connectivity index (χ4n) is 2.52. The Morgan fingerprint density at radius 3 is 2.75 bits per heavy atom. The number of rotatable bonds is 2. The largest absolute Gasteiger partial charge is 0.480 e. The topological polar surface area (TPSA) is 51.1 Å². The molecule has 0 unspecified atom stereocenters. The summed E-state index contributed by atoms with van der Waals surface area (Å²) in [6.45, 7) is 4.82. The summed E-state index contributed by atoms with van der Waals surface area (Å²) in [6, 6.07) is 1.98.